The van der Waals surface area contributed by atoms with Gasteiger partial charge in [-0.1, -0.05) is 17.7 Å². The molecule has 1 heterocycles. The highest BCUT2D eigenvalue weighted by molar-refractivity contribution is 6.36. The Morgan fingerprint density at radius 2 is 1.87 bits per heavy atom. The van der Waals surface area contributed by atoms with Crippen LogP contribution in [0, 0.1) is 17.0 Å². The van der Waals surface area contributed by atoms with E-state index in [0.717, 1.165) is 5.56 Å². The van der Waals surface area contributed by atoms with Crippen LogP contribution in [0.15, 0.2) is 46.6 Å². The van der Waals surface area contributed by atoms with Gasteiger partial charge in [-0.15, -0.1) is 5.11 Å². The molecule has 116 valence electrons. The van der Waals surface area contributed by atoms with E-state index in [0.29, 0.717) is 21.6 Å². The average Bonchev–Trinajstić information content (AvgIpc) is 2.87. The summed E-state index contributed by atoms with van der Waals surface area (Å²) in [4.78, 5) is 13.0. The molecule has 0 fully saturated rings. The van der Waals surface area contributed by atoms with Gasteiger partial charge < -0.3 is 10.1 Å². The first-order valence-electron chi connectivity index (χ1n) is 6.63. The summed E-state index contributed by atoms with van der Waals surface area (Å²) in [5, 5.41) is 29.7. The molecule has 0 bridgehead atoms. The van der Waals surface area contributed by atoms with Crippen LogP contribution >= 0.6 is 11.6 Å². The van der Waals surface area contributed by atoms with Gasteiger partial charge in [0.05, 0.1) is 26.5 Å². The molecule has 0 saturated heterocycles. The van der Waals surface area contributed by atoms with Crippen LogP contribution in [-0.4, -0.2) is 15.0 Å². The van der Waals surface area contributed by atoms with Gasteiger partial charge in [0, 0.05) is 12.1 Å². The van der Waals surface area contributed by atoms with Gasteiger partial charge in [-0.3, -0.25) is 10.1 Å². The summed E-state index contributed by atoms with van der Waals surface area (Å²) in [5.41, 5.74) is 2.22. The van der Waals surface area contributed by atoms with E-state index in [-0.39, 0.29) is 17.3 Å². The summed E-state index contributed by atoms with van der Waals surface area (Å²) in [6, 6.07) is 9.16. The number of fused-ring (bicyclic) bond motifs is 1. The molecule has 2 N–H and O–H groups in total. The van der Waals surface area contributed by atoms with Crippen LogP contribution < -0.4 is 0 Å². The number of nitrogens with one attached hydrogen (secondary N) is 1. The molecule has 7 nitrogen and oxygen atoms in total. The van der Waals surface area contributed by atoms with Crippen molar-refractivity contribution in [3.8, 4) is 5.88 Å². The zero-order chi connectivity index (χ0) is 16.6. The lowest BCUT2D eigenvalue weighted by atomic mass is 10.1. The molecule has 0 spiro atoms. The minimum atomic E-state index is -0.491. The Hall–Kier alpha value is -2.93. The summed E-state index contributed by atoms with van der Waals surface area (Å²) in [7, 11) is 0. The number of hydrogen-bond donors (Lipinski definition) is 2. The number of rotatable bonds is 3. The van der Waals surface area contributed by atoms with E-state index in [9.17, 15) is 15.2 Å². The van der Waals surface area contributed by atoms with Crippen molar-refractivity contribution in [2.75, 3.05) is 0 Å². The van der Waals surface area contributed by atoms with Gasteiger partial charge in [0.15, 0.2) is 5.69 Å². The van der Waals surface area contributed by atoms with E-state index in [1.54, 1.807) is 6.07 Å². The third-order valence-electron chi connectivity index (χ3n) is 3.39. The molecule has 1 aromatic heterocycles. The number of hydrogen-bond acceptors (Lipinski definition) is 5. The molecule has 2 aromatic carbocycles. The highest BCUT2D eigenvalue weighted by Gasteiger charge is 2.15. The number of azo groups is 1. The lowest BCUT2D eigenvalue weighted by Crippen LogP contribution is -1.85. The van der Waals surface area contributed by atoms with E-state index >= 15 is 0 Å². The van der Waals surface area contributed by atoms with Gasteiger partial charge in [0.2, 0.25) is 5.88 Å². The topological polar surface area (TPSA) is 104 Å². The monoisotopic (exact) mass is 330 g/mol. The number of benzene rings is 2. The lowest BCUT2D eigenvalue weighted by molar-refractivity contribution is -0.384. The Morgan fingerprint density at radius 1 is 1.17 bits per heavy atom. The summed E-state index contributed by atoms with van der Waals surface area (Å²) >= 11 is 6.18. The molecular weight excluding hydrogens is 320 g/mol. The SMILES string of the molecule is Cc1ccc(Cl)c2c(N=Nc3ccc([N+](=O)[O-])cc3)c(O)[nH]c12. The number of H-pyrrole nitrogens is 1. The van der Waals surface area contributed by atoms with Crippen LogP contribution in [0.2, 0.25) is 5.02 Å². The van der Waals surface area contributed by atoms with Crippen LogP contribution in [0.5, 0.6) is 5.88 Å². The maximum Gasteiger partial charge on any atom is 0.269 e. The van der Waals surface area contributed by atoms with E-state index in [4.69, 9.17) is 11.6 Å². The minimum Gasteiger partial charge on any atom is -0.493 e. The standard InChI is InChI=1S/C15H11ClN4O3/c1-8-2-7-11(16)12-13(8)17-15(21)14(12)19-18-9-3-5-10(6-4-9)20(22)23/h2-7,17,21H,1H3. The number of aromatic hydroxyl groups is 1. The highest BCUT2D eigenvalue weighted by Crippen LogP contribution is 2.41. The molecule has 3 aromatic rings. The largest absolute Gasteiger partial charge is 0.493 e. The molecule has 0 unspecified atom stereocenters. The smallest absolute Gasteiger partial charge is 0.269 e. The maximum atomic E-state index is 10.6. The average molecular weight is 331 g/mol. The molecule has 23 heavy (non-hydrogen) atoms. The zero-order valence-corrected chi connectivity index (χ0v) is 12.7. The third kappa shape index (κ3) is 2.74. The fourth-order valence-electron chi connectivity index (χ4n) is 2.22. The Kier molecular flexibility index (Phi) is 3.71. The number of nitrogens with zero attached hydrogens (tertiary/aromatic N) is 3. The number of non-ortho nitro benzene ring substituents is 1. The summed E-state index contributed by atoms with van der Waals surface area (Å²) in [6.07, 6.45) is 0. The second kappa shape index (κ2) is 5.69. The van der Waals surface area contributed by atoms with Crippen molar-refractivity contribution >= 4 is 39.6 Å². The van der Waals surface area contributed by atoms with Gasteiger partial charge in [-0.05, 0) is 30.7 Å². The van der Waals surface area contributed by atoms with Gasteiger partial charge in [-0.2, -0.15) is 5.11 Å². The van der Waals surface area contributed by atoms with E-state index in [1.165, 1.54) is 24.3 Å². The van der Waals surface area contributed by atoms with E-state index in [1.807, 2.05) is 13.0 Å². The predicted octanol–water partition coefficient (Wildman–Crippen LogP) is 5.16. The first kappa shape index (κ1) is 15.0. The number of halogens is 1. The number of aromatic nitrogens is 1. The third-order valence-corrected chi connectivity index (χ3v) is 3.71. The Bertz CT molecular complexity index is 932. The van der Waals surface area contributed by atoms with Crippen molar-refractivity contribution in [2.24, 2.45) is 10.2 Å². The van der Waals surface area contributed by atoms with Crippen LogP contribution in [0.4, 0.5) is 17.1 Å². The van der Waals surface area contributed by atoms with Gasteiger partial charge in [0.1, 0.15) is 0 Å². The molecule has 0 saturated carbocycles. The number of nitro groups is 1. The first-order valence-corrected chi connectivity index (χ1v) is 7.01. The summed E-state index contributed by atoms with van der Waals surface area (Å²) in [6.45, 7) is 1.88. The molecular formula is C15H11ClN4O3. The Morgan fingerprint density at radius 3 is 2.52 bits per heavy atom. The van der Waals surface area contributed by atoms with Gasteiger partial charge in [-0.25, -0.2) is 0 Å². The lowest BCUT2D eigenvalue weighted by Gasteiger charge is -1.98. The molecule has 0 amide bonds. The minimum absolute atomic E-state index is 0.0300. The van der Waals surface area contributed by atoms with Gasteiger partial charge in [0.25, 0.3) is 5.69 Å². The van der Waals surface area contributed by atoms with Crippen LogP contribution in [0.1, 0.15) is 5.56 Å². The van der Waals surface area contributed by atoms with Crippen molar-refractivity contribution in [2.45, 2.75) is 6.92 Å². The fraction of sp³-hybridized carbons (Fsp3) is 0.0667. The van der Waals surface area contributed by atoms with Crippen molar-refractivity contribution in [1.82, 2.24) is 4.98 Å². The zero-order valence-electron chi connectivity index (χ0n) is 11.9. The predicted molar refractivity (Wildman–Crippen MR) is 87.0 cm³/mol. The fourth-order valence-corrected chi connectivity index (χ4v) is 2.46. The second-order valence-corrected chi connectivity index (χ2v) is 5.32. The van der Waals surface area contributed by atoms with Crippen molar-refractivity contribution < 1.29 is 10.0 Å². The normalized spacial score (nSPS) is 11.4. The quantitative estimate of drug-likeness (QED) is 0.393. The number of nitro benzene ring substituents is 1. The van der Waals surface area contributed by atoms with Crippen LogP contribution in [0.25, 0.3) is 10.9 Å². The maximum absolute atomic E-state index is 10.6. The molecule has 8 heteroatoms. The molecule has 3 rings (SSSR count). The summed E-state index contributed by atoms with van der Waals surface area (Å²) in [5.74, 6) is -0.137. The molecule has 0 aliphatic rings. The number of aryl methyl sites for hydroxylation is 1. The first-order chi connectivity index (χ1) is 11.0. The Labute approximate surface area is 135 Å². The molecule has 0 radical (unpaired) electrons. The van der Waals surface area contributed by atoms with Crippen molar-refractivity contribution in [3.05, 3.63) is 57.1 Å². The van der Waals surface area contributed by atoms with Crippen molar-refractivity contribution in [3.63, 3.8) is 0 Å². The van der Waals surface area contributed by atoms with Crippen LogP contribution in [0.3, 0.4) is 0 Å². The van der Waals surface area contributed by atoms with E-state index in [2.05, 4.69) is 15.2 Å². The molecule has 0 atom stereocenters. The van der Waals surface area contributed by atoms with Crippen LogP contribution in [-0.2, 0) is 0 Å². The number of aromatic amines is 1. The second-order valence-electron chi connectivity index (χ2n) is 4.91. The highest BCUT2D eigenvalue weighted by atomic mass is 35.5. The van der Waals surface area contributed by atoms with E-state index < -0.39 is 4.92 Å². The van der Waals surface area contributed by atoms with Gasteiger partial charge >= 0.3 is 0 Å². The summed E-state index contributed by atoms with van der Waals surface area (Å²) < 4.78 is 0. The molecule has 0 aliphatic carbocycles. The molecule has 0 aliphatic heterocycles. The Balaban J connectivity index is 2.02. The van der Waals surface area contributed by atoms with Crippen molar-refractivity contribution in [1.29, 1.82) is 0 Å².